The second-order valence-corrected chi connectivity index (χ2v) is 7.60. The third-order valence-electron chi connectivity index (χ3n) is 4.76. The lowest BCUT2D eigenvalue weighted by Crippen LogP contribution is -2.22. The number of amides is 2. The van der Waals surface area contributed by atoms with Gasteiger partial charge in [-0.15, -0.1) is 12.6 Å². The standard InChI is InChI=1S/C23H28N6O2S/c1-3-9-23(29-16-26-15-24)13-19(23)8-12-27-21(30)17(2)4-5-20(32)22(31)28-14-18-6-10-25-11-7-18/h3-12,15-16,19,32H,13-14H2,1-2H3,(H,27,30)(H,28,31)(H2,24,26,29)/b9-3-,12-8+,17-4+,20-5-. The van der Waals surface area contributed by atoms with Crippen LogP contribution in [-0.4, -0.2) is 35.0 Å². The van der Waals surface area contributed by atoms with Gasteiger partial charge in [0, 0.05) is 36.6 Å². The number of carbonyl (C=O) groups is 2. The van der Waals surface area contributed by atoms with E-state index in [1.165, 1.54) is 18.8 Å². The molecule has 0 bridgehead atoms. The first kappa shape index (κ1) is 24.8. The van der Waals surface area contributed by atoms with Crippen LogP contribution in [0.5, 0.6) is 0 Å². The maximum atomic E-state index is 12.3. The maximum Gasteiger partial charge on any atom is 0.257 e. The largest absolute Gasteiger partial charge is 0.390 e. The number of nitrogens with two attached hydrogens (primary N) is 1. The van der Waals surface area contributed by atoms with Crippen molar-refractivity contribution in [3.8, 4) is 0 Å². The summed E-state index contributed by atoms with van der Waals surface area (Å²) in [7, 11) is 0. The number of hydrogen-bond acceptors (Lipinski definition) is 5. The summed E-state index contributed by atoms with van der Waals surface area (Å²) < 4.78 is 0. The van der Waals surface area contributed by atoms with Gasteiger partial charge in [0.05, 0.1) is 16.8 Å². The molecule has 1 fully saturated rings. The molecule has 1 saturated carbocycles. The molecule has 0 spiro atoms. The Balaban J connectivity index is 1.85. The number of rotatable bonds is 10. The molecule has 2 amide bonds. The molecule has 0 aromatic carbocycles. The van der Waals surface area contributed by atoms with E-state index < -0.39 is 0 Å². The van der Waals surface area contributed by atoms with Crippen molar-refractivity contribution < 1.29 is 9.59 Å². The Bertz CT molecular complexity index is 981. The van der Waals surface area contributed by atoms with Crippen molar-refractivity contribution in [3.63, 3.8) is 0 Å². The van der Waals surface area contributed by atoms with Gasteiger partial charge in [-0.05, 0) is 44.0 Å². The lowest BCUT2D eigenvalue weighted by Gasteiger charge is -2.05. The molecule has 0 saturated heterocycles. The number of thiol groups is 1. The molecular formula is C23H28N6O2S. The Morgan fingerprint density at radius 2 is 2.06 bits per heavy atom. The first-order chi connectivity index (χ1) is 15.4. The molecule has 0 radical (unpaired) electrons. The fourth-order valence-corrected chi connectivity index (χ4v) is 3.02. The number of allylic oxidation sites excluding steroid dienone is 3. The van der Waals surface area contributed by atoms with Crippen LogP contribution in [0.1, 0.15) is 25.8 Å². The van der Waals surface area contributed by atoms with E-state index >= 15 is 0 Å². The summed E-state index contributed by atoms with van der Waals surface area (Å²) in [6, 6.07) is 3.63. The van der Waals surface area contributed by atoms with Crippen molar-refractivity contribution in [3.05, 3.63) is 77.1 Å². The van der Waals surface area contributed by atoms with Gasteiger partial charge in [-0.25, -0.2) is 4.99 Å². The van der Waals surface area contributed by atoms with Crippen molar-refractivity contribution in [2.45, 2.75) is 32.4 Å². The highest BCUT2D eigenvalue weighted by molar-refractivity contribution is 7.85. The van der Waals surface area contributed by atoms with Crippen LogP contribution in [0.15, 0.2) is 81.6 Å². The summed E-state index contributed by atoms with van der Waals surface area (Å²) in [6.07, 6.45) is 17.3. The predicted octanol–water partition coefficient (Wildman–Crippen LogP) is 2.44. The van der Waals surface area contributed by atoms with E-state index in [0.717, 1.165) is 12.0 Å². The SMILES string of the molecule is C/C=C\C1(N=CN=CN)CC1/C=C/NC(=O)/C(C)=C/C=C(\S)C(=O)NCc1ccncc1. The Kier molecular flexibility index (Phi) is 9.62. The van der Waals surface area contributed by atoms with Crippen LogP contribution in [0.25, 0.3) is 0 Å². The molecule has 8 nitrogen and oxygen atoms in total. The summed E-state index contributed by atoms with van der Waals surface area (Å²) in [4.78, 5) is 36.8. The summed E-state index contributed by atoms with van der Waals surface area (Å²) >= 11 is 4.20. The molecule has 2 unspecified atom stereocenters. The van der Waals surface area contributed by atoms with Gasteiger partial charge in [0.25, 0.3) is 11.8 Å². The summed E-state index contributed by atoms with van der Waals surface area (Å²) in [5.41, 5.74) is 6.26. The molecule has 9 heteroatoms. The average Bonchev–Trinajstić information content (AvgIpc) is 3.48. The minimum Gasteiger partial charge on any atom is -0.390 e. The fraction of sp³-hybridized carbons (Fsp3) is 0.261. The van der Waals surface area contributed by atoms with Crippen molar-refractivity contribution >= 4 is 37.1 Å². The van der Waals surface area contributed by atoms with E-state index in [2.05, 4.69) is 38.2 Å². The van der Waals surface area contributed by atoms with Gasteiger partial charge in [-0.1, -0.05) is 24.3 Å². The van der Waals surface area contributed by atoms with Crippen LogP contribution < -0.4 is 16.4 Å². The molecule has 1 aliphatic rings. The van der Waals surface area contributed by atoms with Gasteiger partial charge in [-0.2, -0.15) is 0 Å². The molecule has 32 heavy (non-hydrogen) atoms. The molecule has 2 rings (SSSR count). The Morgan fingerprint density at radius 3 is 2.75 bits per heavy atom. The molecule has 1 aliphatic carbocycles. The van der Waals surface area contributed by atoms with Gasteiger partial charge in [0.2, 0.25) is 0 Å². The first-order valence-corrected chi connectivity index (χ1v) is 10.5. The van der Waals surface area contributed by atoms with Crippen molar-refractivity contribution in [2.24, 2.45) is 21.6 Å². The molecule has 0 aliphatic heterocycles. The Labute approximate surface area is 193 Å². The zero-order valence-electron chi connectivity index (χ0n) is 18.1. The number of aromatic nitrogens is 1. The van der Waals surface area contributed by atoms with E-state index in [-0.39, 0.29) is 28.2 Å². The highest BCUT2D eigenvalue weighted by Crippen LogP contribution is 2.49. The lowest BCUT2D eigenvalue weighted by molar-refractivity contribution is -0.117. The van der Waals surface area contributed by atoms with E-state index in [1.807, 2.05) is 37.3 Å². The van der Waals surface area contributed by atoms with Gasteiger partial charge in [0.1, 0.15) is 6.34 Å². The van der Waals surface area contributed by atoms with Gasteiger partial charge in [-0.3, -0.25) is 19.6 Å². The third-order valence-corrected chi connectivity index (χ3v) is 5.11. The van der Waals surface area contributed by atoms with Gasteiger partial charge >= 0.3 is 0 Å². The number of nitrogens with zero attached hydrogens (tertiary/aromatic N) is 3. The van der Waals surface area contributed by atoms with Crippen LogP contribution in [0.3, 0.4) is 0 Å². The normalized spacial score (nSPS) is 21.7. The van der Waals surface area contributed by atoms with Crippen molar-refractivity contribution in [1.82, 2.24) is 15.6 Å². The molecular weight excluding hydrogens is 424 g/mol. The minimum atomic E-state index is -0.333. The van der Waals surface area contributed by atoms with Crippen LogP contribution in [0.2, 0.25) is 0 Å². The Hall–Kier alpha value is -3.46. The first-order valence-electron chi connectivity index (χ1n) is 10.0. The van der Waals surface area contributed by atoms with Crippen LogP contribution >= 0.6 is 12.6 Å². The quantitative estimate of drug-likeness (QED) is 0.109. The van der Waals surface area contributed by atoms with Crippen LogP contribution in [-0.2, 0) is 16.1 Å². The monoisotopic (exact) mass is 452 g/mol. The van der Waals surface area contributed by atoms with Crippen LogP contribution in [0, 0.1) is 5.92 Å². The van der Waals surface area contributed by atoms with E-state index in [4.69, 9.17) is 5.73 Å². The molecule has 1 aromatic rings. The summed E-state index contributed by atoms with van der Waals surface area (Å²) in [6.45, 7) is 3.96. The zero-order chi connectivity index (χ0) is 23.4. The minimum absolute atomic E-state index is 0.167. The third kappa shape index (κ3) is 7.66. The molecule has 4 N–H and O–H groups in total. The van der Waals surface area contributed by atoms with E-state index in [9.17, 15) is 9.59 Å². The lowest BCUT2D eigenvalue weighted by atomic mass is 10.2. The second kappa shape index (κ2) is 12.4. The van der Waals surface area contributed by atoms with Gasteiger partial charge in [0.15, 0.2) is 0 Å². The molecule has 1 heterocycles. The van der Waals surface area contributed by atoms with E-state index in [1.54, 1.807) is 31.6 Å². The number of pyridine rings is 1. The summed E-state index contributed by atoms with van der Waals surface area (Å²) in [5.74, 6) is -0.437. The number of carbonyl (C=O) groups excluding carboxylic acids is 2. The Morgan fingerprint density at radius 1 is 1.31 bits per heavy atom. The van der Waals surface area contributed by atoms with E-state index in [0.29, 0.717) is 12.1 Å². The zero-order valence-corrected chi connectivity index (χ0v) is 19.0. The fourth-order valence-electron chi connectivity index (χ4n) is 2.86. The summed E-state index contributed by atoms with van der Waals surface area (Å²) in [5, 5.41) is 5.48. The van der Waals surface area contributed by atoms with Gasteiger partial charge < -0.3 is 16.4 Å². The smallest absolute Gasteiger partial charge is 0.257 e. The number of hydrogen-bond donors (Lipinski definition) is 4. The average molecular weight is 453 g/mol. The molecule has 2 atom stereocenters. The maximum absolute atomic E-state index is 12.3. The number of nitrogens with one attached hydrogen (secondary N) is 2. The van der Waals surface area contributed by atoms with Crippen molar-refractivity contribution in [2.75, 3.05) is 0 Å². The van der Waals surface area contributed by atoms with Crippen LogP contribution in [0.4, 0.5) is 0 Å². The highest BCUT2D eigenvalue weighted by Gasteiger charge is 2.50. The molecule has 1 aromatic heterocycles. The number of aliphatic imine (C=N–C) groups is 2. The highest BCUT2D eigenvalue weighted by atomic mass is 32.1. The second-order valence-electron chi connectivity index (χ2n) is 7.12. The topological polar surface area (TPSA) is 122 Å². The predicted molar refractivity (Wildman–Crippen MR) is 131 cm³/mol. The van der Waals surface area contributed by atoms with Crippen molar-refractivity contribution in [1.29, 1.82) is 0 Å². The molecule has 168 valence electrons.